The van der Waals surface area contributed by atoms with Crippen LogP contribution in [-0.4, -0.2) is 6.54 Å². The van der Waals surface area contributed by atoms with Gasteiger partial charge in [0, 0.05) is 16.3 Å². The minimum Gasteiger partial charge on any atom is -0.313 e. The van der Waals surface area contributed by atoms with Gasteiger partial charge in [-0.15, -0.1) is 11.3 Å². The Labute approximate surface area is 110 Å². The molecule has 1 N–H and O–H groups in total. The zero-order valence-corrected chi connectivity index (χ0v) is 12.0. The van der Waals surface area contributed by atoms with Gasteiger partial charge in [-0.2, -0.15) is 0 Å². The van der Waals surface area contributed by atoms with Gasteiger partial charge in [0.2, 0.25) is 0 Å². The highest BCUT2D eigenvalue weighted by Crippen LogP contribution is 2.28. The molecule has 1 aliphatic carbocycles. The number of rotatable bonds is 6. The van der Waals surface area contributed by atoms with E-state index in [4.69, 9.17) is 0 Å². The van der Waals surface area contributed by atoms with Gasteiger partial charge in [-0.25, -0.2) is 0 Å². The van der Waals surface area contributed by atoms with Crippen LogP contribution in [0.5, 0.6) is 0 Å². The Morgan fingerprint density at radius 1 is 1.29 bits per heavy atom. The molecule has 96 valence electrons. The quantitative estimate of drug-likeness (QED) is 0.738. The van der Waals surface area contributed by atoms with Gasteiger partial charge < -0.3 is 5.32 Å². The predicted octanol–water partition coefficient (Wildman–Crippen LogP) is 4.42. The summed E-state index contributed by atoms with van der Waals surface area (Å²) in [5.74, 6) is 1.04. The fourth-order valence-corrected chi connectivity index (χ4v) is 3.84. The lowest BCUT2D eigenvalue weighted by atomic mass is 10.0. The molecule has 0 aliphatic heterocycles. The molecule has 0 spiro atoms. The molecule has 1 heterocycles. The van der Waals surface area contributed by atoms with E-state index in [2.05, 4.69) is 25.2 Å². The maximum atomic E-state index is 3.59. The van der Waals surface area contributed by atoms with E-state index >= 15 is 0 Å². The summed E-state index contributed by atoms with van der Waals surface area (Å²) < 4.78 is 0. The van der Waals surface area contributed by atoms with Crippen LogP contribution in [0.4, 0.5) is 0 Å². The van der Waals surface area contributed by atoms with Crippen LogP contribution in [0.1, 0.15) is 53.8 Å². The maximum absolute atomic E-state index is 3.59. The summed E-state index contributed by atoms with van der Waals surface area (Å²) in [4.78, 5) is 2.91. The predicted molar refractivity (Wildman–Crippen MR) is 76.7 cm³/mol. The second-order valence-electron chi connectivity index (χ2n) is 5.41. The van der Waals surface area contributed by atoms with Crippen molar-refractivity contribution in [2.75, 3.05) is 6.54 Å². The second-order valence-corrected chi connectivity index (χ2v) is 6.87. The molecule has 1 aromatic heterocycles. The number of nitrogens with one attached hydrogen (secondary N) is 1. The minimum absolute atomic E-state index is 1.04. The van der Waals surface area contributed by atoms with Crippen molar-refractivity contribution in [3.63, 3.8) is 0 Å². The third-order valence-corrected chi connectivity index (χ3v) is 4.91. The van der Waals surface area contributed by atoms with Gasteiger partial charge in [-0.05, 0) is 50.8 Å². The first-order chi connectivity index (χ1) is 8.25. The lowest BCUT2D eigenvalue weighted by molar-refractivity contribution is 0.470. The first-order valence-electron chi connectivity index (χ1n) is 7.02. The number of thiophene rings is 1. The molecule has 0 radical (unpaired) electrons. The van der Waals surface area contributed by atoms with Gasteiger partial charge >= 0.3 is 0 Å². The molecule has 0 atom stereocenters. The van der Waals surface area contributed by atoms with Gasteiger partial charge in [0.25, 0.3) is 0 Å². The highest BCUT2D eigenvalue weighted by molar-refractivity contribution is 7.12. The third kappa shape index (κ3) is 4.11. The Kier molecular flexibility index (Phi) is 5.05. The fraction of sp³-hybridized carbons (Fsp3) is 0.733. The number of hydrogen-bond acceptors (Lipinski definition) is 2. The molecule has 2 rings (SSSR count). The van der Waals surface area contributed by atoms with Crippen molar-refractivity contribution < 1.29 is 0 Å². The number of hydrogen-bond donors (Lipinski definition) is 1. The van der Waals surface area contributed by atoms with Crippen LogP contribution in [0.3, 0.4) is 0 Å². The van der Waals surface area contributed by atoms with Crippen LogP contribution in [-0.2, 0) is 6.54 Å². The lowest BCUT2D eigenvalue weighted by Gasteiger charge is -2.09. The topological polar surface area (TPSA) is 12.0 Å². The third-order valence-electron chi connectivity index (χ3n) is 3.90. The normalized spacial score (nSPS) is 16.8. The van der Waals surface area contributed by atoms with E-state index < -0.39 is 0 Å². The van der Waals surface area contributed by atoms with Crippen LogP contribution >= 0.6 is 11.3 Å². The van der Waals surface area contributed by atoms with Crippen molar-refractivity contribution in [2.45, 2.75) is 58.9 Å². The van der Waals surface area contributed by atoms with E-state index in [9.17, 15) is 0 Å². The lowest BCUT2D eigenvalue weighted by Crippen LogP contribution is -2.15. The Bertz CT molecular complexity index is 337. The van der Waals surface area contributed by atoms with E-state index in [0.717, 1.165) is 12.5 Å². The van der Waals surface area contributed by atoms with Crippen LogP contribution in [0, 0.1) is 19.8 Å². The monoisotopic (exact) mass is 251 g/mol. The summed E-state index contributed by atoms with van der Waals surface area (Å²) in [6.07, 6.45) is 8.73. The molecule has 0 aromatic carbocycles. The SMILES string of the molecule is Cc1cc(CNCCCC2CCCC2)c(C)s1. The Balaban J connectivity index is 1.58. The van der Waals surface area contributed by atoms with Crippen molar-refractivity contribution in [3.05, 3.63) is 21.4 Å². The van der Waals surface area contributed by atoms with Crippen molar-refractivity contribution in [2.24, 2.45) is 5.92 Å². The van der Waals surface area contributed by atoms with Gasteiger partial charge in [-0.1, -0.05) is 25.7 Å². The smallest absolute Gasteiger partial charge is 0.0216 e. The Hall–Kier alpha value is -0.340. The van der Waals surface area contributed by atoms with Gasteiger partial charge in [-0.3, -0.25) is 0 Å². The van der Waals surface area contributed by atoms with E-state index in [0.29, 0.717) is 0 Å². The van der Waals surface area contributed by atoms with Gasteiger partial charge in [0.1, 0.15) is 0 Å². The summed E-state index contributed by atoms with van der Waals surface area (Å²) in [7, 11) is 0. The second kappa shape index (κ2) is 6.55. The van der Waals surface area contributed by atoms with Crippen molar-refractivity contribution in [1.29, 1.82) is 0 Å². The molecule has 0 saturated heterocycles. The fourth-order valence-electron chi connectivity index (χ4n) is 2.90. The average Bonchev–Trinajstić information content (AvgIpc) is 2.89. The first-order valence-corrected chi connectivity index (χ1v) is 7.84. The zero-order chi connectivity index (χ0) is 12.1. The van der Waals surface area contributed by atoms with Crippen LogP contribution in [0.25, 0.3) is 0 Å². The molecule has 17 heavy (non-hydrogen) atoms. The maximum Gasteiger partial charge on any atom is 0.0216 e. The molecule has 0 unspecified atom stereocenters. The van der Waals surface area contributed by atoms with Gasteiger partial charge in [0.15, 0.2) is 0 Å². The number of aryl methyl sites for hydroxylation is 2. The molecule has 2 heteroatoms. The standard InChI is InChI=1S/C15H25NS/c1-12-10-15(13(2)17-12)11-16-9-5-8-14-6-3-4-7-14/h10,14,16H,3-9,11H2,1-2H3. The van der Waals surface area contributed by atoms with E-state index in [1.807, 2.05) is 11.3 Å². The summed E-state index contributed by atoms with van der Waals surface area (Å²) in [6, 6.07) is 2.32. The Morgan fingerprint density at radius 3 is 2.71 bits per heavy atom. The highest BCUT2D eigenvalue weighted by Gasteiger charge is 2.13. The summed E-state index contributed by atoms with van der Waals surface area (Å²) >= 11 is 1.91. The van der Waals surface area contributed by atoms with Crippen molar-refractivity contribution in [3.8, 4) is 0 Å². The van der Waals surface area contributed by atoms with Crippen LogP contribution in [0.15, 0.2) is 6.07 Å². The first kappa shape index (κ1) is 13.1. The molecule has 0 bridgehead atoms. The van der Waals surface area contributed by atoms with Crippen molar-refractivity contribution in [1.82, 2.24) is 5.32 Å². The molecule has 0 amide bonds. The molecule has 1 aromatic rings. The summed E-state index contributed by atoms with van der Waals surface area (Å²) in [5.41, 5.74) is 1.49. The zero-order valence-electron chi connectivity index (χ0n) is 11.2. The van der Waals surface area contributed by atoms with Crippen molar-refractivity contribution >= 4 is 11.3 Å². The average molecular weight is 251 g/mol. The van der Waals surface area contributed by atoms with Gasteiger partial charge in [0.05, 0.1) is 0 Å². The highest BCUT2D eigenvalue weighted by atomic mass is 32.1. The van der Waals surface area contributed by atoms with E-state index in [1.54, 1.807) is 0 Å². The molecular formula is C15H25NS. The van der Waals surface area contributed by atoms with E-state index in [-0.39, 0.29) is 0 Å². The molecular weight excluding hydrogens is 226 g/mol. The summed E-state index contributed by atoms with van der Waals surface area (Å²) in [6.45, 7) is 6.67. The Morgan fingerprint density at radius 2 is 2.06 bits per heavy atom. The molecule has 1 fully saturated rings. The van der Waals surface area contributed by atoms with Crippen LogP contribution in [0.2, 0.25) is 0 Å². The molecule has 1 saturated carbocycles. The van der Waals surface area contributed by atoms with E-state index in [1.165, 1.54) is 60.4 Å². The largest absolute Gasteiger partial charge is 0.313 e. The minimum atomic E-state index is 1.04. The van der Waals surface area contributed by atoms with Crippen LogP contribution < -0.4 is 5.32 Å². The molecule has 1 aliphatic rings. The summed E-state index contributed by atoms with van der Waals surface area (Å²) in [5, 5.41) is 3.59. The molecule has 1 nitrogen and oxygen atoms in total.